The lowest BCUT2D eigenvalue weighted by molar-refractivity contribution is -0.274. The van der Waals surface area contributed by atoms with E-state index in [2.05, 4.69) is 16.6 Å². The standard InChI is InChI=1S/C18H25F3N2O3S/c1-14-3-2-10-22(13-14)15-8-11-23(12-9-15)27(24,25)17-6-4-16(5-7-17)26-18(19,20)21/h4-7,14-15H,2-3,8-13H2,1H3. The van der Waals surface area contributed by atoms with Crippen molar-refractivity contribution in [3.05, 3.63) is 24.3 Å². The van der Waals surface area contributed by atoms with E-state index in [1.54, 1.807) is 0 Å². The van der Waals surface area contributed by atoms with Crippen LogP contribution in [0.15, 0.2) is 29.2 Å². The third kappa shape index (κ3) is 5.14. The minimum Gasteiger partial charge on any atom is -0.406 e. The van der Waals surface area contributed by atoms with Gasteiger partial charge in [-0.3, -0.25) is 0 Å². The van der Waals surface area contributed by atoms with E-state index in [4.69, 9.17) is 0 Å². The van der Waals surface area contributed by atoms with Gasteiger partial charge >= 0.3 is 6.36 Å². The number of hydrogen-bond donors (Lipinski definition) is 0. The lowest BCUT2D eigenvalue weighted by Crippen LogP contribution is -2.49. The van der Waals surface area contributed by atoms with E-state index in [9.17, 15) is 21.6 Å². The predicted octanol–water partition coefficient (Wildman–Crippen LogP) is 3.47. The zero-order valence-corrected chi connectivity index (χ0v) is 16.1. The summed E-state index contributed by atoms with van der Waals surface area (Å²) >= 11 is 0. The van der Waals surface area contributed by atoms with E-state index in [0.29, 0.717) is 25.0 Å². The Bertz CT molecular complexity index is 729. The lowest BCUT2D eigenvalue weighted by Gasteiger charge is -2.41. The van der Waals surface area contributed by atoms with Crippen LogP contribution in [0, 0.1) is 5.92 Å². The fourth-order valence-corrected chi connectivity index (χ4v) is 5.44. The van der Waals surface area contributed by atoms with Crippen LogP contribution >= 0.6 is 0 Å². The molecule has 0 N–H and O–H groups in total. The largest absolute Gasteiger partial charge is 0.573 e. The molecule has 1 atom stereocenters. The van der Waals surface area contributed by atoms with Crippen LogP contribution in [0.5, 0.6) is 5.75 Å². The van der Waals surface area contributed by atoms with Gasteiger partial charge in [0.25, 0.3) is 0 Å². The van der Waals surface area contributed by atoms with Gasteiger partial charge in [-0.05, 0) is 62.4 Å². The summed E-state index contributed by atoms with van der Waals surface area (Å²) in [7, 11) is -3.71. The van der Waals surface area contributed by atoms with Crippen LogP contribution in [0.3, 0.4) is 0 Å². The third-order valence-corrected chi connectivity index (χ3v) is 7.24. The molecule has 0 bridgehead atoms. The van der Waals surface area contributed by atoms with Crippen LogP contribution in [0.25, 0.3) is 0 Å². The Balaban J connectivity index is 1.61. The second-order valence-corrected chi connectivity index (χ2v) is 9.33. The van der Waals surface area contributed by atoms with E-state index in [1.807, 2.05) is 0 Å². The van der Waals surface area contributed by atoms with Crippen LogP contribution in [0.1, 0.15) is 32.6 Å². The topological polar surface area (TPSA) is 49.9 Å². The number of benzene rings is 1. The number of ether oxygens (including phenoxy) is 1. The lowest BCUT2D eigenvalue weighted by atomic mass is 9.96. The number of piperidine rings is 2. The van der Waals surface area contributed by atoms with Gasteiger partial charge in [0.05, 0.1) is 4.90 Å². The van der Waals surface area contributed by atoms with Crippen molar-refractivity contribution in [3.8, 4) is 5.75 Å². The van der Waals surface area contributed by atoms with E-state index in [1.165, 1.54) is 17.1 Å². The quantitative estimate of drug-likeness (QED) is 0.768. The third-order valence-electron chi connectivity index (χ3n) is 5.32. The van der Waals surface area contributed by atoms with Crippen molar-refractivity contribution in [2.45, 2.75) is 49.9 Å². The van der Waals surface area contributed by atoms with Crippen LogP contribution in [0.2, 0.25) is 0 Å². The zero-order chi connectivity index (χ0) is 19.7. The maximum atomic E-state index is 12.8. The van der Waals surface area contributed by atoms with Crippen molar-refractivity contribution >= 4 is 10.0 Å². The van der Waals surface area contributed by atoms with E-state index >= 15 is 0 Å². The zero-order valence-electron chi connectivity index (χ0n) is 15.3. The van der Waals surface area contributed by atoms with E-state index < -0.39 is 22.1 Å². The van der Waals surface area contributed by atoms with Crippen molar-refractivity contribution in [2.24, 2.45) is 5.92 Å². The summed E-state index contributed by atoms with van der Waals surface area (Å²) in [6, 6.07) is 4.79. The van der Waals surface area contributed by atoms with E-state index in [-0.39, 0.29) is 4.90 Å². The molecule has 2 aliphatic heterocycles. The molecule has 2 aliphatic rings. The first-order valence-electron chi connectivity index (χ1n) is 9.25. The van der Waals surface area contributed by atoms with Crippen molar-refractivity contribution in [1.82, 2.24) is 9.21 Å². The number of nitrogens with zero attached hydrogens (tertiary/aromatic N) is 2. The maximum Gasteiger partial charge on any atom is 0.573 e. The van der Waals surface area contributed by atoms with Crippen molar-refractivity contribution < 1.29 is 26.3 Å². The summed E-state index contributed by atoms with van der Waals surface area (Å²) in [4.78, 5) is 2.46. The van der Waals surface area contributed by atoms with Gasteiger partial charge in [0.2, 0.25) is 10.0 Å². The first kappa shape index (κ1) is 20.4. The Morgan fingerprint density at radius 2 is 1.67 bits per heavy atom. The molecule has 0 aliphatic carbocycles. The van der Waals surface area contributed by atoms with Crippen molar-refractivity contribution in [2.75, 3.05) is 26.2 Å². The number of sulfonamides is 1. The molecule has 9 heteroatoms. The Morgan fingerprint density at radius 1 is 1.04 bits per heavy atom. The fourth-order valence-electron chi connectivity index (χ4n) is 3.97. The molecule has 152 valence electrons. The van der Waals surface area contributed by atoms with Crippen molar-refractivity contribution in [1.29, 1.82) is 0 Å². The summed E-state index contributed by atoms with van der Waals surface area (Å²) in [6.07, 6.45) is -0.805. The van der Waals surface area contributed by atoms with Crippen LogP contribution < -0.4 is 4.74 Å². The van der Waals surface area contributed by atoms with Gasteiger partial charge in [0.15, 0.2) is 0 Å². The number of alkyl halides is 3. The fraction of sp³-hybridized carbons (Fsp3) is 0.667. The summed E-state index contributed by atoms with van der Waals surface area (Å²) in [5, 5.41) is 0. The number of rotatable bonds is 4. The molecule has 2 heterocycles. The van der Waals surface area contributed by atoms with Gasteiger partial charge < -0.3 is 9.64 Å². The smallest absolute Gasteiger partial charge is 0.406 e. The summed E-state index contributed by atoms with van der Waals surface area (Å²) < 4.78 is 67.4. The molecule has 2 saturated heterocycles. The Labute approximate surface area is 158 Å². The molecule has 27 heavy (non-hydrogen) atoms. The first-order valence-corrected chi connectivity index (χ1v) is 10.7. The highest BCUT2D eigenvalue weighted by Gasteiger charge is 2.34. The average molecular weight is 406 g/mol. The van der Waals surface area contributed by atoms with E-state index in [0.717, 1.165) is 50.2 Å². The molecular weight excluding hydrogens is 381 g/mol. The molecule has 0 amide bonds. The highest BCUT2D eigenvalue weighted by molar-refractivity contribution is 7.89. The van der Waals surface area contributed by atoms with Crippen LogP contribution in [-0.2, 0) is 10.0 Å². The van der Waals surface area contributed by atoms with Crippen LogP contribution in [-0.4, -0.2) is 56.2 Å². The molecule has 1 aromatic carbocycles. The Hall–Kier alpha value is -1.32. The predicted molar refractivity (Wildman–Crippen MR) is 94.9 cm³/mol. The SMILES string of the molecule is CC1CCCN(C2CCN(S(=O)(=O)c3ccc(OC(F)(F)F)cc3)CC2)C1. The van der Waals surface area contributed by atoms with Gasteiger partial charge in [0, 0.05) is 25.7 Å². The summed E-state index contributed by atoms with van der Waals surface area (Å²) in [5.41, 5.74) is 0. The molecule has 0 spiro atoms. The Morgan fingerprint density at radius 3 is 2.22 bits per heavy atom. The second-order valence-electron chi connectivity index (χ2n) is 7.40. The number of halogens is 3. The molecule has 5 nitrogen and oxygen atoms in total. The molecule has 0 saturated carbocycles. The number of likely N-dealkylation sites (tertiary alicyclic amines) is 1. The van der Waals surface area contributed by atoms with Gasteiger partial charge in [-0.15, -0.1) is 13.2 Å². The van der Waals surface area contributed by atoms with Gasteiger partial charge in [-0.1, -0.05) is 6.92 Å². The molecule has 1 unspecified atom stereocenters. The highest BCUT2D eigenvalue weighted by Crippen LogP contribution is 2.28. The average Bonchev–Trinajstić information content (AvgIpc) is 2.61. The minimum atomic E-state index is -4.80. The molecule has 1 aromatic rings. The van der Waals surface area contributed by atoms with Gasteiger partial charge in [-0.25, -0.2) is 8.42 Å². The summed E-state index contributed by atoms with van der Waals surface area (Å²) in [6.45, 7) is 5.25. The molecule has 0 aromatic heterocycles. The Kier molecular flexibility index (Phi) is 6.02. The number of hydrogen-bond acceptors (Lipinski definition) is 4. The molecule has 0 radical (unpaired) electrons. The minimum absolute atomic E-state index is 0.0120. The summed E-state index contributed by atoms with van der Waals surface area (Å²) in [5.74, 6) is 0.248. The van der Waals surface area contributed by atoms with Crippen LogP contribution in [0.4, 0.5) is 13.2 Å². The van der Waals surface area contributed by atoms with Crippen molar-refractivity contribution in [3.63, 3.8) is 0 Å². The first-order chi connectivity index (χ1) is 12.6. The molecule has 2 fully saturated rings. The normalized spacial score (nSPS) is 24.1. The van der Waals surface area contributed by atoms with Gasteiger partial charge in [-0.2, -0.15) is 4.31 Å². The molecular formula is C18H25F3N2O3S. The molecule has 3 rings (SSSR count). The van der Waals surface area contributed by atoms with Gasteiger partial charge in [0.1, 0.15) is 5.75 Å². The highest BCUT2D eigenvalue weighted by atomic mass is 32.2. The monoisotopic (exact) mass is 406 g/mol. The maximum absolute atomic E-state index is 12.8. The second kappa shape index (κ2) is 7.97.